The number of rotatable bonds is 3. The molecule has 3 heterocycles. The minimum Gasteiger partial charge on any atom is -0.744 e. The van der Waals surface area contributed by atoms with Crippen LogP contribution in [0.4, 0.5) is 5.69 Å². The summed E-state index contributed by atoms with van der Waals surface area (Å²) in [5.74, 6) is 0. The minimum absolute atomic E-state index is 0.0870. The van der Waals surface area contributed by atoms with Gasteiger partial charge in [0.15, 0.2) is 0 Å². The van der Waals surface area contributed by atoms with Crippen molar-refractivity contribution in [1.29, 1.82) is 0 Å². The van der Waals surface area contributed by atoms with Crippen molar-refractivity contribution in [1.82, 2.24) is 4.57 Å². The number of fused-ring (bicyclic) bond motifs is 4. The van der Waals surface area contributed by atoms with Crippen LogP contribution in [-0.4, -0.2) is 24.6 Å². The molecule has 0 N–H and O–H groups in total. The maximum Gasteiger partial charge on any atom is 0.271 e. The van der Waals surface area contributed by atoms with E-state index < -0.39 is 10.1 Å². The SMILES string of the molecule is CCn1c(=Cc2sc3ccccc3[n+]2C)sc(=C2Sc3ccc4ccccc4c3N2C)c1=O.Cc1ccc(S(=O)(=O)[O-])cc1. The summed E-state index contributed by atoms with van der Waals surface area (Å²) in [6, 6.07) is 27.0. The lowest BCUT2D eigenvalue weighted by atomic mass is 10.1. The molecule has 6 aromatic rings. The first-order valence-electron chi connectivity index (χ1n) is 13.9. The van der Waals surface area contributed by atoms with Crippen LogP contribution in [0.25, 0.3) is 32.1 Å². The Morgan fingerprint density at radius 3 is 2.34 bits per heavy atom. The van der Waals surface area contributed by atoms with Gasteiger partial charge in [0.2, 0.25) is 5.52 Å². The Morgan fingerprint density at radius 2 is 1.64 bits per heavy atom. The van der Waals surface area contributed by atoms with Crippen molar-refractivity contribution < 1.29 is 17.5 Å². The van der Waals surface area contributed by atoms with Gasteiger partial charge in [-0.25, -0.2) is 8.42 Å². The molecule has 7 rings (SSSR count). The average Bonchev–Trinajstić information content (AvgIpc) is 3.63. The van der Waals surface area contributed by atoms with Gasteiger partial charge in [-0.15, -0.1) is 11.3 Å². The second-order valence-electron chi connectivity index (χ2n) is 10.3. The van der Waals surface area contributed by atoms with Crippen molar-refractivity contribution in [3.05, 3.63) is 115 Å². The van der Waals surface area contributed by atoms with E-state index in [0.717, 1.165) is 24.8 Å². The predicted octanol–water partition coefficient (Wildman–Crippen LogP) is 5.16. The lowest BCUT2D eigenvalue weighted by Crippen LogP contribution is -2.34. The molecule has 44 heavy (non-hydrogen) atoms. The average molecular weight is 660 g/mol. The summed E-state index contributed by atoms with van der Waals surface area (Å²) in [7, 11) is -0.107. The number of benzene rings is 4. The van der Waals surface area contributed by atoms with Crippen LogP contribution in [0.2, 0.25) is 0 Å². The third kappa shape index (κ3) is 5.62. The Kier molecular flexibility index (Phi) is 8.25. The largest absolute Gasteiger partial charge is 0.744 e. The Hall–Kier alpha value is -3.74. The van der Waals surface area contributed by atoms with Crippen LogP contribution in [-0.2, 0) is 23.7 Å². The Balaban J connectivity index is 0.000000265. The summed E-state index contributed by atoms with van der Waals surface area (Å²) in [5, 5.41) is 4.58. The van der Waals surface area contributed by atoms with E-state index in [1.165, 1.54) is 43.7 Å². The lowest BCUT2D eigenvalue weighted by Gasteiger charge is -2.15. The number of thioether (sulfide) groups is 1. The first kappa shape index (κ1) is 30.3. The van der Waals surface area contributed by atoms with Crippen molar-refractivity contribution in [2.45, 2.75) is 30.2 Å². The van der Waals surface area contributed by atoms with E-state index >= 15 is 0 Å². The van der Waals surface area contributed by atoms with Crippen LogP contribution >= 0.6 is 34.4 Å². The van der Waals surface area contributed by atoms with Gasteiger partial charge < -0.3 is 9.45 Å². The van der Waals surface area contributed by atoms with Crippen LogP contribution in [0, 0.1) is 6.92 Å². The number of para-hydroxylation sites is 1. The monoisotopic (exact) mass is 659 g/mol. The molecule has 0 spiro atoms. The molecule has 0 fully saturated rings. The van der Waals surface area contributed by atoms with Gasteiger partial charge >= 0.3 is 0 Å². The van der Waals surface area contributed by atoms with Gasteiger partial charge in [-0.3, -0.25) is 9.36 Å². The summed E-state index contributed by atoms with van der Waals surface area (Å²) in [5.41, 5.74) is 3.41. The first-order valence-corrected chi connectivity index (χ1v) is 17.7. The molecule has 0 atom stereocenters. The summed E-state index contributed by atoms with van der Waals surface area (Å²) < 4.78 is 38.3. The highest BCUT2D eigenvalue weighted by molar-refractivity contribution is 8.08. The molecule has 1 aliphatic heterocycles. The molecule has 0 amide bonds. The molecule has 11 heteroatoms. The zero-order valence-electron chi connectivity index (χ0n) is 24.5. The molecular weight excluding hydrogens is 631 g/mol. The Morgan fingerprint density at radius 1 is 0.932 bits per heavy atom. The smallest absolute Gasteiger partial charge is 0.271 e. The van der Waals surface area contributed by atoms with Gasteiger partial charge in [0.05, 0.1) is 16.7 Å². The molecule has 0 unspecified atom stereocenters. The van der Waals surface area contributed by atoms with Gasteiger partial charge in [-0.2, -0.15) is 4.57 Å². The van der Waals surface area contributed by atoms with Crippen LogP contribution in [0.5, 0.6) is 0 Å². The molecule has 0 saturated heterocycles. The van der Waals surface area contributed by atoms with Crippen LogP contribution in [0.3, 0.4) is 0 Å². The van der Waals surface area contributed by atoms with E-state index in [1.54, 1.807) is 46.6 Å². The number of hydrogen-bond donors (Lipinski definition) is 0. The van der Waals surface area contributed by atoms with Crippen LogP contribution in [0.1, 0.15) is 17.5 Å². The second kappa shape index (κ2) is 12.0. The molecule has 2 aromatic heterocycles. The molecule has 0 radical (unpaired) electrons. The molecule has 0 saturated carbocycles. The zero-order valence-corrected chi connectivity index (χ0v) is 27.7. The summed E-state index contributed by atoms with van der Waals surface area (Å²) in [6.45, 7) is 4.51. The molecule has 7 nitrogen and oxygen atoms in total. The standard InChI is InChI=1S/C26H22N3OS3.C7H8O3S/c1-4-29-22(15-21-27(2)18-11-7-8-12-19(18)31-21)33-24(25(29)30)26-28(3)23-17-10-6-5-9-16(17)13-14-20(23)32-26;1-6-2-4-7(5-3-6)11(8,9)10/h5-15H,4H2,1-3H3;2-5H,1H3,(H,8,9,10)/q+1;/p-1. The predicted molar refractivity (Wildman–Crippen MR) is 181 cm³/mol. The van der Waals surface area contributed by atoms with Crippen molar-refractivity contribution in [3.63, 3.8) is 0 Å². The third-order valence-electron chi connectivity index (χ3n) is 7.46. The molecular formula is C33H29N3O4S4. The van der Waals surface area contributed by atoms with Crippen LogP contribution in [0.15, 0.2) is 99.5 Å². The number of thiazole rings is 2. The van der Waals surface area contributed by atoms with Crippen molar-refractivity contribution in [3.8, 4) is 0 Å². The third-order valence-corrected chi connectivity index (χ3v) is 11.9. The van der Waals surface area contributed by atoms with Gasteiger partial charge in [-0.05, 0) is 43.5 Å². The maximum absolute atomic E-state index is 13.5. The summed E-state index contributed by atoms with van der Waals surface area (Å²) in [4.78, 5) is 16.7. The van der Waals surface area contributed by atoms with E-state index in [4.69, 9.17) is 0 Å². The molecule has 0 aliphatic carbocycles. The normalized spacial score (nSPS) is 14.7. The van der Waals surface area contributed by atoms with Crippen molar-refractivity contribution >= 4 is 82.3 Å². The molecule has 4 aromatic carbocycles. The summed E-state index contributed by atoms with van der Waals surface area (Å²) in [6.07, 6.45) is 2.16. The fourth-order valence-electron chi connectivity index (χ4n) is 5.16. The first-order chi connectivity index (χ1) is 21.1. The fraction of sp³-hybridized carbons (Fsp3) is 0.152. The number of nitrogens with zero attached hydrogens (tertiary/aromatic N) is 3. The van der Waals surface area contributed by atoms with Gasteiger partial charge in [-0.1, -0.05) is 83.3 Å². The lowest BCUT2D eigenvalue weighted by molar-refractivity contribution is -0.642. The van der Waals surface area contributed by atoms with Gasteiger partial charge in [0, 0.05) is 29.9 Å². The number of aryl methyl sites for hydroxylation is 2. The Bertz CT molecular complexity index is 2340. The highest BCUT2D eigenvalue weighted by Gasteiger charge is 2.27. The second-order valence-corrected chi connectivity index (χ2v) is 14.8. The number of aromatic nitrogens is 2. The van der Waals surface area contributed by atoms with Crippen LogP contribution < -0.4 is 24.2 Å². The van der Waals surface area contributed by atoms with Gasteiger partial charge in [0.1, 0.15) is 36.1 Å². The van der Waals surface area contributed by atoms with E-state index in [0.29, 0.717) is 6.54 Å². The van der Waals surface area contributed by atoms with E-state index in [1.807, 2.05) is 18.4 Å². The zero-order chi connectivity index (χ0) is 31.2. The van der Waals surface area contributed by atoms with E-state index in [9.17, 15) is 17.8 Å². The molecule has 1 aliphatic rings. The quantitative estimate of drug-likeness (QED) is 0.193. The number of hydrogen-bond acceptors (Lipinski definition) is 8. The molecule has 224 valence electrons. The van der Waals surface area contributed by atoms with E-state index in [-0.39, 0.29) is 10.5 Å². The highest BCUT2D eigenvalue weighted by Crippen LogP contribution is 2.48. The highest BCUT2D eigenvalue weighted by atomic mass is 32.2. The number of anilines is 1. The topological polar surface area (TPSA) is 86.3 Å². The van der Waals surface area contributed by atoms with E-state index in [2.05, 4.69) is 90.3 Å². The van der Waals surface area contributed by atoms with Gasteiger partial charge in [0.25, 0.3) is 10.6 Å². The van der Waals surface area contributed by atoms with Crippen molar-refractivity contribution in [2.75, 3.05) is 11.9 Å². The fourth-order valence-corrected chi connectivity index (χ4v) is 9.26. The molecule has 0 bridgehead atoms. The Labute approximate surface area is 267 Å². The summed E-state index contributed by atoms with van der Waals surface area (Å²) >= 11 is 5.04. The minimum atomic E-state index is -4.27. The van der Waals surface area contributed by atoms with Crippen molar-refractivity contribution in [2.24, 2.45) is 7.05 Å². The maximum atomic E-state index is 13.5.